The quantitative estimate of drug-likeness (QED) is 0.0738. The van der Waals surface area contributed by atoms with Crippen LogP contribution < -0.4 is 31.3 Å². The molecule has 57 heavy (non-hydrogen) atoms. The number of benzene rings is 3. The van der Waals surface area contributed by atoms with E-state index < -0.39 is 54.1 Å². The summed E-state index contributed by atoms with van der Waals surface area (Å²) in [6.45, 7) is -1.79. The van der Waals surface area contributed by atoms with Crippen molar-refractivity contribution in [1.29, 1.82) is 0 Å². The number of esters is 1. The van der Waals surface area contributed by atoms with Crippen LogP contribution in [0.4, 0.5) is 36.4 Å². The molecule has 0 unspecified atom stereocenters. The maximum atomic E-state index is 13.1. The van der Waals surface area contributed by atoms with Crippen molar-refractivity contribution in [3.63, 3.8) is 0 Å². The molecule has 0 spiro atoms. The van der Waals surface area contributed by atoms with Gasteiger partial charge in [0.2, 0.25) is 11.9 Å². The van der Waals surface area contributed by atoms with Gasteiger partial charge in [0.05, 0.1) is 18.3 Å². The predicted octanol–water partition coefficient (Wildman–Crippen LogP) is 4.31. The third-order valence-electron chi connectivity index (χ3n) is 8.41. The van der Waals surface area contributed by atoms with E-state index >= 15 is 0 Å². The van der Waals surface area contributed by atoms with E-state index in [4.69, 9.17) is 21.1 Å². The van der Waals surface area contributed by atoms with Crippen LogP contribution in [-0.4, -0.2) is 85.9 Å². The minimum atomic E-state index is -4.64. The highest BCUT2D eigenvalue weighted by atomic mass is 35.5. The molecule has 6 rings (SSSR count). The lowest BCUT2D eigenvalue weighted by Crippen LogP contribution is -2.44. The summed E-state index contributed by atoms with van der Waals surface area (Å²) in [5.41, 5.74) is 1.84. The summed E-state index contributed by atoms with van der Waals surface area (Å²) in [5.74, 6) is -3.55. The molecule has 21 heteroatoms. The van der Waals surface area contributed by atoms with E-state index in [0.717, 1.165) is 12.7 Å². The molecule has 0 bridgehead atoms. The zero-order valence-electron chi connectivity index (χ0n) is 29.8. The second-order valence-corrected chi connectivity index (χ2v) is 13.0. The van der Waals surface area contributed by atoms with Crippen molar-refractivity contribution in [3.8, 4) is 11.7 Å². The van der Waals surface area contributed by atoms with Gasteiger partial charge >= 0.3 is 30.0 Å². The molecule has 0 saturated heterocycles. The zero-order valence-corrected chi connectivity index (χ0v) is 30.6. The summed E-state index contributed by atoms with van der Waals surface area (Å²) in [7, 11) is 1.13. The Kier molecular flexibility index (Phi) is 12.1. The number of amides is 3. The molecule has 0 aliphatic heterocycles. The van der Waals surface area contributed by atoms with Gasteiger partial charge in [-0.15, -0.1) is 0 Å². The van der Waals surface area contributed by atoms with E-state index in [-0.39, 0.29) is 30.4 Å². The largest absolute Gasteiger partial charge is 0.467 e. The first-order valence-electron chi connectivity index (χ1n) is 17.1. The Hall–Kier alpha value is -6.83. The molecule has 17 nitrogen and oxygen atoms in total. The normalized spacial score (nSPS) is 13.4. The number of nitrogens with one attached hydrogen (secondary N) is 5. The molecule has 2 heterocycles. The lowest BCUT2D eigenvalue weighted by atomic mass is 10.1. The van der Waals surface area contributed by atoms with Crippen LogP contribution in [0.5, 0.6) is 6.01 Å². The zero-order chi connectivity index (χ0) is 40.6. The summed E-state index contributed by atoms with van der Waals surface area (Å²) < 4.78 is 50.1. The van der Waals surface area contributed by atoms with Crippen LogP contribution in [0.3, 0.4) is 0 Å². The summed E-state index contributed by atoms with van der Waals surface area (Å²) in [6, 6.07) is 17.6. The first-order valence-corrected chi connectivity index (χ1v) is 17.5. The number of nitrogens with zero attached hydrogens (tertiary/aromatic N) is 6. The number of carbonyl (C=O) groups is 4. The maximum absolute atomic E-state index is 13.1. The molecule has 1 atom stereocenters. The number of ether oxygens (including phenoxy) is 2. The second-order valence-electron chi connectivity index (χ2n) is 12.5. The standard InChI is InChI=1S/C36H33ClF3N11O6/c1-56-31(55)27(14-17-42-29(53)30(54)44-24-10-12-26(13-11-24)51-20-41-19-43-51)46-28(52)21-2-8-25(9-3-21)45-32-47-33(49-34(48-32)57-18-36(38,39)40)50-35(15-16-35)22-4-6-23(37)7-5-22/h2-13,19-20,27H,14-18H2,1H3,(H,42,53)(H,44,54)(H,46,52)(H2,45,47,48,49,50)/t27-/m0/s1. The Labute approximate surface area is 326 Å². The van der Waals surface area contributed by atoms with Gasteiger partial charge in [0.1, 0.15) is 18.7 Å². The van der Waals surface area contributed by atoms with E-state index in [2.05, 4.69) is 51.6 Å². The molecule has 5 aromatic rings. The summed E-state index contributed by atoms with van der Waals surface area (Å²) >= 11 is 6.03. The molecule has 0 radical (unpaired) electrons. The predicted molar refractivity (Wildman–Crippen MR) is 198 cm³/mol. The van der Waals surface area contributed by atoms with Gasteiger partial charge in [-0.25, -0.2) is 14.5 Å². The Morgan fingerprint density at radius 3 is 2.21 bits per heavy atom. The minimum absolute atomic E-state index is 0.0338. The number of hydrogen-bond acceptors (Lipinski definition) is 13. The van der Waals surface area contributed by atoms with Crippen LogP contribution in [-0.2, 0) is 24.7 Å². The molecule has 296 valence electrons. The lowest BCUT2D eigenvalue weighted by molar-refractivity contribution is -0.154. The van der Waals surface area contributed by atoms with E-state index in [1.165, 1.54) is 41.6 Å². The smallest absolute Gasteiger partial charge is 0.422 e. The lowest BCUT2D eigenvalue weighted by Gasteiger charge is -2.19. The summed E-state index contributed by atoms with van der Waals surface area (Å²) in [4.78, 5) is 66.7. The maximum Gasteiger partial charge on any atom is 0.422 e. The molecular weight excluding hydrogens is 775 g/mol. The van der Waals surface area contributed by atoms with Crippen molar-refractivity contribution >= 4 is 58.6 Å². The van der Waals surface area contributed by atoms with Crippen LogP contribution in [0.25, 0.3) is 5.69 Å². The molecule has 1 saturated carbocycles. The topological polar surface area (TPSA) is 216 Å². The number of hydrogen-bond donors (Lipinski definition) is 5. The summed E-state index contributed by atoms with van der Waals surface area (Å²) in [5, 5.41) is 18.0. The second kappa shape index (κ2) is 17.3. The highest BCUT2D eigenvalue weighted by molar-refractivity contribution is 6.39. The van der Waals surface area contributed by atoms with Crippen molar-refractivity contribution in [2.45, 2.75) is 37.0 Å². The third kappa shape index (κ3) is 10.9. The SMILES string of the molecule is COC(=O)[C@H](CCNC(=O)C(=O)Nc1ccc(-n2cncn2)cc1)NC(=O)c1ccc(Nc2nc(NC3(c4ccc(Cl)cc4)CC3)nc(OCC(F)(F)F)n2)cc1. The van der Waals surface area contributed by atoms with Crippen molar-refractivity contribution in [1.82, 2.24) is 40.3 Å². The number of anilines is 4. The summed E-state index contributed by atoms with van der Waals surface area (Å²) in [6.07, 6.45) is -0.468. The highest BCUT2D eigenvalue weighted by Crippen LogP contribution is 2.48. The molecule has 3 amide bonds. The number of halogens is 4. The van der Waals surface area contributed by atoms with Gasteiger partial charge in [-0.2, -0.15) is 33.2 Å². The highest BCUT2D eigenvalue weighted by Gasteiger charge is 2.45. The number of alkyl halides is 3. The van der Waals surface area contributed by atoms with Crippen LogP contribution >= 0.6 is 11.6 Å². The van der Waals surface area contributed by atoms with E-state index in [0.29, 0.717) is 34.9 Å². The van der Waals surface area contributed by atoms with Gasteiger partial charge in [-0.1, -0.05) is 23.7 Å². The Bertz CT molecular complexity index is 2210. The van der Waals surface area contributed by atoms with E-state index in [1.807, 2.05) is 12.1 Å². The van der Waals surface area contributed by atoms with Crippen LogP contribution in [0.1, 0.15) is 35.2 Å². The fourth-order valence-electron chi connectivity index (χ4n) is 5.38. The van der Waals surface area contributed by atoms with Crippen LogP contribution in [0, 0.1) is 0 Å². The van der Waals surface area contributed by atoms with Crippen molar-refractivity contribution in [2.75, 3.05) is 36.2 Å². The fraction of sp³-hybridized carbons (Fsp3) is 0.250. The Morgan fingerprint density at radius 1 is 0.895 bits per heavy atom. The number of methoxy groups -OCH3 is 1. The van der Waals surface area contributed by atoms with Gasteiger partial charge in [-0.3, -0.25) is 14.4 Å². The average Bonchev–Trinajstić information content (AvgIpc) is 3.75. The average molecular weight is 808 g/mol. The molecule has 1 aliphatic rings. The Morgan fingerprint density at radius 2 is 1.58 bits per heavy atom. The number of carbonyl (C=O) groups excluding carboxylic acids is 4. The Balaban J connectivity index is 1.04. The molecule has 2 aromatic heterocycles. The molecule has 5 N–H and O–H groups in total. The fourth-order valence-corrected chi connectivity index (χ4v) is 5.50. The molecular formula is C36H33ClF3N11O6. The first kappa shape index (κ1) is 39.9. The van der Waals surface area contributed by atoms with Gasteiger partial charge in [-0.05, 0) is 85.5 Å². The van der Waals surface area contributed by atoms with Gasteiger partial charge in [0.25, 0.3) is 5.91 Å². The van der Waals surface area contributed by atoms with Crippen LogP contribution in [0.2, 0.25) is 5.02 Å². The van der Waals surface area contributed by atoms with Crippen molar-refractivity contribution in [2.24, 2.45) is 0 Å². The molecule has 1 aliphatic carbocycles. The van der Waals surface area contributed by atoms with E-state index in [9.17, 15) is 32.3 Å². The van der Waals surface area contributed by atoms with Gasteiger partial charge in [0, 0.05) is 28.5 Å². The molecule has 1 fully saturated rings. The number of rotatable bonds is 15. The van der Waals surface area contributed by atoms with E-state index in [1.54, 1.807) is 36.4 Å². The third-order valence-corrected chi connectivity index (χ3v) is 8.66. The first-order chi connectivity index (χ1) is 27.3. The van der Waals surface area contributed by atoms with Crippen LogP contribution in [0.15, 0.2) is 85.5 Å². The minimum Gasteiger partial charge on any atom is -0.467 e. The van der Waals surface area contributed by atoms with Crippen molar-refractivity contribution in [3.05, 3.63) is 102 Å². The van der Waals surface area contributed by atoms with Gasteiger partial charge < -0.3 is 36.1 Å². The van der Waals surface area contributed by atoms with Gasteiger partial charge in [0.15, 0.2) is 6.61 Å². The molecule has 3 aromatic carbocycles. The number of aromatic nitrogens is 6. The monoisotopic (exact) mass is 807 g/mol. The van der Waals surface area contributed by atoms with Crippen molar-refractivity contribution < 1.29 is 41.8 Å².